The van der Waals surface area contributed by atoms with Gasteiger partial charge in [0, 0.05) is 5.54 Å². The van der Waals surface area contributed by atoms with E-state index in [2.05, 4.69) is 5.32 Å². The number of carboxylic acid groups (broad SMARTS) is 1. The minimum absolute atomic E-state index is 0.118. The van der Waals surface area contributed by atoms with Crippen molar-refractivity contribution in [3.8, 4) is 0 Å². The van der Waals surface area contributed by atoms with Crippen LogP contribution in [0.1, 0.15) is 40.5 Å². The third-order valence-electron chi connectivity index (χ3n) is 2.12. The van der Waals surface area contributed by atoms with Gasteiger partial charge in [-0.25, -0.2) is 0 Å². The van der Waals surface area contributed by atoms with E-state index >= 15 is 0 Å². The summed E-state index contributed by atoms with van der Waals surface area (Å²) in [5, 5.41) is 11.3. The topological polar surface area (TPSA) is 92.4 Å². The van der Waals surface area contributed by atoms with Crippen LogP contribution in [0.3, 0.4) is 0 Å². The zero-order chi connectivity index (χ0) is 12.9. The predicted octanol–water partition coefficient (Wildman–Crippen LogP) is 0.729. The SMILES string of the molecule is CC(C)CC(N)C(=O)NC(C)(C)CC(=O)O. The Morgan fingerprint density at radius 3 is 2.25 bits per heavy atom. The molecule has 0 rings (SSSR count). The highest BCUT2D eigenvalue weighted by Crippen LogP contribution is 2.10. The summed E-state index contributed by atoms with van der Waals surface area (Å²) >= 11 is 0. The fourth-order valence-corrected chi connectivity index (χ4v) is 1.46. The summed E-state index contributed by atoms with van der Waals surface area (Å²) in [6.07, 6.45) is 0.474. The van der Waals surface area contributed by atoms with Gasteiger partial charge in [0.2, 0.25) is 5.91 Å². The van der Waals surface area contributed by atoms with E-state index in [-0.39, 0.29) is 12.3 Å². The molecule has 0 heterocycles. The first-order valence-electron chi connectivity index (χ1n) is 5.43. The van der Waals surface area contributed by atoms with Crippen LogP contribution in [0.5, 0.6) is 0 Å². The first-order valence-corrected chi connectivity index (χ1v) is 5.43. The minimum atomic E-state index is -0.942. The number of carbonyl (C=O) groups excluding carboxylic acids is 1. The van der Waals surface area contributed by atoms with Gasteiger partial charge in [0.25, 0.3) is 0 Å². The van der Waals surface area contributed by atoms with Crippen LogP contribution in [0.15, 0.2) is 0 Å². The van der Waals surface area contributed by atoms with Gasteiger partial charge in [-0.3, -0.25) is 9.59 Å². The highest BCUT2D eigenvalue weighted by atomic mass is 16.4. The summed E-state index contributed by atoms with van der Waals surface area (Å²) in [7, 11) is 0. The number of aliphatic carboxylic acids is 1. The Labute approximate surface area is 96.4 Å². The molecular weight excluding hydrogens is 208 g/mol. The Hall–Kier alpha value is -1.10. The average molecular weight is 230 g/mol. The van der Waals surface area contributed by atoms with Gasteiger partial charge < -0.3 is 16.2 Å². The molecule has 16 heavy (non-hydrogen) atoms. The van der Waals surface area contributed by atoms with Crippen molar-refractivity contribution in [2.75, 3.05) is 0 Å². The number of hydrogen-bond acceptors (Lipinski definition) is 3. The molecule has 0 aromatic carbocycles. The summed E-state index contributed by atoms with van der Waals surface area (Å²) in [6.45, 7) is 7.30. The molecule has 1 unspecified atom stereocenters. The lowest BCUT2D eigenvalue weighted by Gasteiger charge is -2.26. The monoisotopic (exact) mass is 230 g/mol. The second-order valence-corrected chi connectivity index (χ2v) is 5.18. The Morgan fingerprint density at radius 1 is 1.38 bits per heavy atom. The van der Waals surface area contributed by atoms with Gasteiger partial charge >= 0.3 is 5.97 Å². The summed E-state index contributed by atoms with van der Waals surface area (Å²) in [4.78, 5) is 22.2. The first-order chi connectivity index (χ1) is 7.14. The molecular formula is C11H22N2O3. The fraction of sp³-hybridized carbons (Fsp3) is 0.818. The Balaban J connectivity index is 4.26. The molecule has 94 valence electrons. The van der Waals surface area contributed by atoms with Gasteiger partial charge in [0.15, 0.2) is 0 Å². The molecule has 0 aromatic heterocycles. The molecule has 0 saturated heterocycles. The van der Waals surface area contributed by atoms with Crippen LogP contribution in [0.2, 0.25) is 0 Å². The lowest BCUT2D eigenvalue weighted by atomic mass is 9.98. The average Bonchev–Trinajstić information content (AvgIpc) is 1.98. The van der Waals surface area contributed by atoms with E-state index in [1.807, 2.05) is 13.8 Å². The molecule has 0 aromatic rings. The van der Waals surface area contributed by atoms with E-state index in [0.717, 1.165) is 0 Å². The number of carbonyl (C=O) groups is 2. The van der Waals surface area contributed by atoms with Crippen LogP contribution >= 0.6 is 0 Å². The number of nitrogens with two attached hydrogens (primary N) is 1. The highest BCUT2D eigenvalue weighted by Gasteiger charge is 2.26. The zero-order valence-corrected chi connectivity index (χ0v) is 10.4. The van der Waals surface area contributed by atoms with E-state index in [1.54, 1.807) is 13.8 Å². The molecule has 4 N–H and O–H groups in total. The van der Waals surface area contributed by atoms with E-state index in [0.29, 0.717) is 12.3 Å². The van der Waals surface area contributed by atoms with Crippen LogP contribution < -0.4 is 11.1 Å². The molecule has 0 aliphatic carbocycles. The molecule has 5 heteroatoms. The molecule has 0 radical (unpaired) electrons. The van der Waals surface area contributed by atoms with E-state index in [9.17, 15) is 9.59 Å². The molecule has 0 fully saturated rings. The second-order valence-electron chi connectivity index (χ2n) is 5.18. The van der Waals surface area contributed by atoms with Crippen molar-refractivity contribution in [2.24, 2.45) is 11.7 Å². The van der Waals surface area contributed by atoms with Crippen LogP contribution in [-0.4, -0.2) is 28.6 Å². The van der Waals surface area contributed by atoms with Crippen molar-refractivity contribution < 1.29 is 14.7 Å². The van der Waals surface area contributed by atoms with Gasteiger partial charge in [-0.05, 0) is 26.2 Å². The molecule has 0 spiro atoms. The van der Waals surface area contributed by atoms with E-state index in [4.69, 9.17) is 10.8 Å². The largest absolute Gasteiger partial charge is 0.481 e. The molecule has 5 nitrogen and oxygen atoms in total. The number of hydrogen-bond donors (Lipinski definition) is 3. The van der Waals surface area contributed by atoms with Crippen LogP contribution in [0.25, 0.3) is 0 Å². The number of nitrogens with one attached hydrogen (secondary N) is 1. The summed E-state index contributed by atoms with van der Waals surface area (Å²) in [6, 6.07) is -0.576. The van der Waals surface area contributed by atoms with Crippen LogP contribution in [0.4, 0.5) is 0 Å². The zero-order valence-electron chi connectivity index (χ0n) is 10.4. The van der Waals surface area contributed by atoms with Crippen LogP contribution in [-0.2, 0) is 9.59 Å². The maximum absolute atomic E-state index is 11.6. The van der Waals surface area contributed by atoms with Gasteiger partial charge in [-0.1, -0.05) is 13.8 Å². The van der Waals surface area contributed by atoms with Gasteiger partial charge in [0.1, 0.15) is 0 Å². The standard InChI is InChI=1S/C11H22N2O3/c1-7(2)5-8(12)10(16)13-11(3,4)6-9(14)15/h7-8H,5-6,12H2,1-4H3,(H,13,16)(H,14,15). The smallest absolute Gasteiger partial charge is 0.305 e. The lowest BCUT2D eigenvalue weighted by Crippen LogP contribution is -2.51. The fourth-order valence-electron chi connectivity index (χ4n) is 1.46. The Bertz CT molecular complexity index is 262. The predicted molar refractivity (Wildman–Crippen MR) is 61.9 cm³/mol. The third-order valence-corrected chi connectivity index (χ3v) is 2.12. The lowest BCUT2D eigenvalue weighted by molar-refractivity contribution is -0.138. The number of carboxylic acids is 1. The molecule has 0 aliphatic rings. The summed E-state index contributed by atoms with van der Waals surface area (Å²) in [5.74, 6) is -0.897. The maximum Gasteiger partial charge on any atom is 0.305 e. The summed E-state index contributed by atoms with van der Waals surface area (Å²) < 4.78 is 0. The maximum atomic E-state index is 11.6. The number of rotatable bonds is 6. The minimum Gasteiger partial charge on any atom is -0.481 e. The van der Waals surface area contributed by atoms with Crippen molar-refractivity contribution in [1.82, 2.24) is 5.32 Å². The van der Waals surface area contributed by atoms with Crippen molar-refractivity contribution in [1.29, 1.82) is 0 Å². The number of amides is 1. The van der Waals surface area contributed by atoms with Gasteiger partial charge in [0.05, 0.1) is 12.5 Å². The molecule has 0 aliphatic heterocycles. The second kappa shape index (κ2) is 5.84. The molecule has 1 amide bonds. The molecule has 1 atom stereocenters. The van der Waals surface area contributed by atoms with Crippen molar-refractivity contribution in [3.63, 3.8) is 0 Å². The van der Waals surface area contributed by atoms with Gasteiger partial charge in [-0.2, -0.15) is 0 Å². The van der Waals surface area contributed by atoms with Crippen molar-refractivity contribution in [3.05, 3.63) is 0 Å². The van der Waals surface area contributed by atoms with E-state index < -0.39 is 17.6 Å². The Morgan fingerprint density at radius 2 is 1.88 bits per heavy atom. The molecule has 0 saturated carbocycles. The van der Waals surface area contributed by atoms with Gasteiger partial charge in [-0.15, -0.1) is 0 Å². The first kappa shape index (κ1) is 14.9. The third kappa shape index (κ3) is 6.40. The van der Waals surface area contributed by atoms with Crippen molar-refractivity contribution in [2.45, 2.75) is 52.1 Å². The normalized spacial score (nSPS) is 13.6. The quantitative estimate of drug-likeness (QED) is 0.627. The Kier molecular flexibility index (Phi) is 5.44. The highest BCUT2D eigenvalue weighted by molar-refractivity contribution is 5.82. The van der Waals surface area contributed by atoms with E-state index in [1.165, 1.54) is 0 Å². The molecule has 0 bridgehead atoms. The van der Waals surface area contributed by atoms with Crippen molar-refractivity contribution >= 4 is 11.9 Å². The van der Waals surface area contributed by atoms with Crippen LogP contribution in [0, 0.1) is 5.92 Å². The summed E-state index contributed by atoms with van der Waals surface area (Å²) in [5.41, 5.74) is 4.93.